The van der Waals surface area contributed by atoms with Gasteiger partial charge in [-0.15, -0.1) is 14.9 Å². The highest BCUT2D eigenvalue weighted by Gasteiger charge is 2.16. The van der Waals surface area contributed by atoms with Crippen molar-refractivity contribution in [1.82, 2.24) is 9.66 Å². The van der Waals surface area contributed by atoms with E-state index in [4.69, 9.17) is 18.6 Å². The zero-order chi connectivity index (χ0) is 17.2. The molecule has 0 radical (unpaired) electrons. The number of rotatable bonds is 1. The van der Waals surface area contributed by atoms with Gasteiger partial charge in [-0.05, 0) is 24.6 Å². The van der Waals surface area contributed by atoms with Crippen LogP contribution in [0.25, 0.3) is 11.0 Å². The number of aromatic nitrogens is 3. The highest BCUT2D eigenvalue weighted by atomic mass is 35.7. The Labute approximate surface area is 135 Å². The van der Waals surface area contributed by atoms with Crippen molar-refractivity contribution in [3.8, 4) is 0 Å². The molecule has 7 nitrogen and oxygen atoms in total. The van der Waals surface area contributed by atoms with Gasteiger partial charge < -0.3 is 0 Å². The van der Waals surface area contributed by atoms with Crippen LogP contribution in [0.4, 0.5) is 0 Å². The second-order valence-electron chi connectivity index (χ2n) is 5.08. The number of imidazole rings is 1. The molecule has 8 heteroatoms. The molecule has 0 aliphatic heterocycles. The summed E-state index contributed by atoms with van der Waals surface area (Å²) in [5.74, 6) is 0. The van der Waals surface area contributed by atoms with Gasteiger partial charge in [-0.3, -0.25) is 0 Å². The predicted octanol–water partition coefficient (Wildman–Crippen LogP) is -2.20. The second kappa shape index (κ2) is 6.61. The highest BCUT2D eigenvalue weighted by Crippen LogP contribution is 2.11. The fourth-order valence-electron chi connectivity index (χ4n) is 2.55. The minimum Gasteiger partial charge on any atom is -0.230 e. The van der Waals surface area contributed by atoms with Gasteiger partial charge in [0.1, 0.15) is 5.52 Å². The second-order valence-corrected chi connectivity index (χ2v) is 5.84. The lowest BCUT2D eigenvalue weighted by Crippen LogP contribution is -2.68. The number of para-hydroxylation sites is 2. The lowest BCUT2D eigenvalue weighted by atomic mass is 10.2. The molecule has 0 N–H and O–H groups in total. The van der Waals surface area contributed by atoms with E-state index in [1.54, 1.807) is 0 Å². The highest BCUT2D eigenvalue weighted by molar-refractivity contribution is 5.74. The average molecular weight is 338 g/mol. The number of nitrogens with zero attached hydrogens (tertiary/aromatic N) is 3. The summed E-state index contributed by atoms with van der Waals surface area (Å²) < 4.78 is 38.3. The Morgan fingerprint density at radius 2 is 1.48 bits per heavy atom. The maximum absolute atomic E-state index is 8.49. The molecule has 3 aromatic rings. The van der Waals surface area contributed by atoms with Crippen molar-refractivity contribution < 1.29 is 33.6 Å². The minimum absolute atomic E-state index is 1.02. The third-order valence-corrected chi connectivity index (χ3v) is 3.19. The summed E-state index contributed by atoms with van der Waals surface area (Å²) in [6, 6.07) is 12.5. The third kappa shape index (κ3) is 4.47. The van der Waals surface area contributed by atoms with E-state index in [0.717, 1.165) is 11.0 Å². The first-order valence-electron chi connectivity index (χ1n) is 6.71. The number of aryl methyl sites for hydroxylation is 3. The lowest BCUT2D eigenvalue weighted by Gasteiger charge is -2.17. The van der Waals surface area contributed by atoms with Gasteiger partial charge in [-0.1, -0.05) is 16.8 Å². The molecule has 0 spiro atoms. The van der Waals surface area contributed by atoms with Crippen LogP contribution in [0.2, 0.25) is 0 Å². The Balaban J connectivity index is 0.000000338. The molecule has 0 saturated heterocycles. The van der Waals surface area contributed by atoms with Gasteiger partial charge >= 0.3 is 0 Å². The normalized spacial score (nSPS) is 11.3. The minimum atomic E-state index is -4.94. The van der Waals surface area contributed by atoms with Crippen LogP contribution < -0.4 is 23.3 Å². The molecular formula is C15H16ClN3O4. The fraction of sp³-hybridized carbons (Fsp3) is 0.200. The monoisotopic (exact) mass is 337 g/mol. The molecule has 0 aliphatic carbocycles. The van der Waals surface area contributed by atoms with Crippen LogP contribution in [0.3, 0.4) is 0 Å². The Hall–Kier alpha value is -2.03. The Bertz CT molecular complexity index is 798. The first-order chi connectivity index (χ1) is 10.7. The molecule has 0 bridgehead atoms. The molecule has 3 rings (SSSR count). The number of fused-ring (bicyclic) bond motifs is 1. The zero-order valence-corrected chi connectivity index (χ0v) is 13.6. The molecule has 1 aromatic carbocycles. The van der Waals surface area contributed by atoms with E-state index in [9.17, 15) is 0 Å². The maximum atomic E-state index is 8.49. The summed E-state index contributed by atoms with van der Waals surface area (Å²) in [6.07, 6.45) is 1.88. The Morgan fingerprint density at radius 3 is 2.04 bits per heavy atom. The number of hydrogen-bond donors (Lipinski definition) is 0. The quantitative estimate of drug-likeness (QED) is 0.468. The summed E-state index contributed by atoms with van der Waals surface area (Å²) in [6.45, 7) is 6.36. The van der Waals surface area contributed by atoms with Crippen LogP contribution in [0.15, 0.2) is 42.7 Å². The molecule has 23 heavy (non-hydrogen) atoms. The van der Waals surface area contributed by atoms with Gasteiger partial charge in [0.25, 0.3) is 0 Å². The van der Waals surface area contributed by atoms with E-state index in [-0.39, 0.29) is 0 Å². The van der Waals surface area contributed by atoms with E-state index in [1.165, 1.54) is 17.0 Å². The molecule has 0 saturated carbocycles. The standard InChI is InChI=1S/C15H16N3.ClHO4/c1-11-8-12(2)18(13(3)9-11)17-10-16-14-6-4-5-7-15(14)17;2-1(3,4)5/h4-10H,1-3H3;(H,2,3,4,5)/q+1;/p-1. The average Bonchev–Trinajstić information content (AvgIpc) is 2.80. The van der Waals surface area contributed by atoms with Gasteiger partial charge in [0.2, 0.25) is 11.4 Å². The van der Waals surface area contributed by atoms with E-state index in [0.29, 0.717) is 0 Å². The van der Waals surface area contributed by atoms with Gasteiger partial charge in [0.05, 0.1) is 5.52 Å². The van der Waals surface area contributed by atoms with Crippen molar-refractivity contribution in [2.75, 3.05) is 0 Å². The molecular weight excluding hydrogens is 322 g/mol. The lowest BCUT2D eigenvalue weighted by molar-refractivity contribution is -2.00. The van der Waals surface area contributed by atoms with Gasteiger partial charge in [-0.2, -0.15) is 0 Å². The van der Waals surface area contributed by atoms with E-state index in [2.05, 4.69) is 53.3 Å². The van der Waals surface area contributed by atoms with Crippen LogP contribution in [0.1, 0.15) is 17.0 Å². The molecule has 0 atom stereocenters. The van der Waals surface area contributed by atoms with Crippen LogP contribution in [0, 0.1) is 31.0 Å². The third-order valence-electron chi connectivity index (χ3n) is 3.19. The molecule has 0 amide bonds. The number of halogens is 1. The molecule has 0 fully saturated rings. The molecule has 0 unspecified atom stereocenters. The smallest absolute Gasteiger partial charge is 0.210 e. The Kier molecular flexibility index (Phi) is 4.98. The van der Waals surface area contributed by atoms with Crippen molar-refractivity contribution >= 4 is 11.0 Å². The largest absolute Gasteiger partial charge is 0.230 e. The summed E-state index contributed by atoms with van der Waals surface area (Å²) in [5.41, 5.74) is 5.83. The number of pyridine rings is 1. The molecule has 2 aromatic heterocycles. The first kappa shape index (κ1) is 17.3. The summed E-state index contributed by atoms with van der Waals surface area (Å²) in [4.78, 5) is 4.44. The first-order valence-corrected chi connectivity index (χ1v) is 7.94. The predicted molar refractivity (Wildman–Crippen MR) is 71.4 cm³/mol. The van der Waals surface area contributed by atoms with Gasteiger partial charge in [-0.25, -0.2) is 23.6 Å². The van der Waals surface area contributed by atoms with E-state index >= 15 is 0 Å². The van der Waals surface area contributed by atoms with Crippen LogP contribution >= 0.6 is 0 Å². The zero-order valence-electron chi connectivity index (χ0n) is 12.9. The van der Waals surface area contributed by atoms with Crippen LogP contribution in [-0.2, 0) is 0 Å². The molecule has 0 aliphatic rings. The van der Waals surface area contributed by atoms with Crippen molar-refractivity contribution in [1.29, 1.82) is 0 Å². The van der Waals surface area contributed by atoms with Crippen LogP contribution in [-0.4, -0.2) is 9.66 Å². The maximum Gasteiger partial charge on any atom is 0.210 e. The van der Waals surface area contributed by atoms with Gasteiger partial charge in [0.15, 0.2) is 6.33 Å². The fourth-order valence-corrected chi connectivity index (χ4v) is 2.55. The SMILES string of the molecule is Cc1cc(C)[n+](-n2cnc3ccccc32)c(C)c1.[O-][Cl+3]([O-])([O-])[O-]. The summed E-state index contributed by atoms with van der Waals surface area (Å²) >= 11 is 0. The van der Waals surface area contributed by atoms with Crippen molar-refractivity contribution in [3.63, 3.8) is 0 Å². The van der Waals surface area contributed by atoms with E-state index < -0.39 is 10.2 Å². The van der Waals surface area contributed by atoms with Crippen molar-refractivity contribution in [2.45, 2.75) is 20.8 Å². The van der Waals surface area contributed by atoms with Crippen molar-refractivity contribution in [3.05, 3.63) is 59.7 Å². The van der Waals surface area contributed by atoms with Gasteiger partial charge in [0, 0.05) is 26.0 Å². The number of benzene rings is 1. The van der Waals surface area contributed by atoms with Crippen molar-refractivity contribution in [2.24, 2.45) is 0 Å². The molecule has 2 heterocycles. The van der Waals surface area contributed by atoms with E-state index in [1.807, 2.05) is 24.5 Å². The Morgan fingerprint density at radius 1 is 0.957 bits per heavy atom. The summed E-state index contributed by atoms with van der Waals surface area (Å²) in [5, 5.41) is 0. The summed E-state index contributed by atoms with van der Waals surface area (Å²) in [7, 11) is -4.94. The molecule has 122 valence electrons. The topological polar surface area (TPSA) is 114 Å². The van der Waals surface area contributed by atoms with Crippen LogP contribution in [0.5, 0.6) is 0 Å². The number of hydrogen-bond acceptors (Lipinski definition) is 5.